The average Bonchev–Trinajstić information content (AvgIpc) is 2.39. The Morgan fingerprint density at radius 1 is 1.28 bits per heavy atom. The van der Waals surface area contributed by atoms with Gasteiger partial charge in [-0.15, -0.1) is 0 Å². The second-order valence-electron chi connectivity index (χ2n) is 5.02. The molecule has 0 aliphatic carbocycles. The lowest BCUT2D eigenvalue weighted by molar-refractivity contribution is 0.165. The Morgan fingerprint density at radius 2 is 1.89 bits per heavy atom. The Labute approximate surface area is 111 Å². The highest BCUT2D eigenvalue weighted by molar-refractivity contribution is 5.36. The standard InChI is InChI=1S/C15H26N2O/c1-6-13(16)15(17(4)11(2)3)12-9-7-8-10-14(12)18-5/h7-11,13,15H,6,16H2,1-5H3. The Bertz CT molecular complexity index is 365. The van der Waals surface area contributed by atoms with Gasteiger partial charge >= 0.3 is 0 Å². The Morgan fingerprint density at radius 3 is 2.39 bits per heavy atom. The fraction of sp³-hybridized carbons (Fsp3) is 0.600. The molecular weight excluding hydrogens is 224 g/mol. The van der Waals surface area contributed by atoms with E-state index in [9.17, 15) is 0 Å². The monoisotopic (exact) mass is 250 g/mol. The molecule has 2 N–H and O–H groups in total. The van der Waals surface area contributed by atoms with Crippen LogP contribution in [-0.4, -0.2) is 31.1 Å². The van der Waals surface area contributed by atoms with E-state index in [1.54, 1.807) is 7.11 Å². The van der Waals surface area contributed by atoms with Crippen LogP contribution in [0.15, 0.2) is 24.3 Å². The lowest BCUT2D eigenvalue weighted by Crippen LogP contribution is -2.42. The largest absolute Gasteiger partial charge is 0.496 e. The van der Waals surface area contributed by atoms with Gasteiger partial charge in [-0.25, -0.2) is 0 Å². The van der Waals surface area contributed by atoms with Crippen LogP contribution in [0.3, 0.4) is 0 Å². The van der Waals surface area contributed by atoms with E-state index in [0.717, 1.165) is 12.2 Å². The number of rotatable bonds is 6. The molecule has 0 fully saturated rings. The van der Waals surface area contributed by atoms with E-state index in [-0.39, 0.29) is 12.1 Å². The van der Waals surface area contributed by atoms with Crippen molar-refractivity contribution in [3.8, 4) is 5.75 Å². The molecule has 0 aliphatic rings. The summed E-state index contributed by atoms with van der Waals surface area (Å²) in [5, 5.41) is 0. The molecule has 0 aromatic heterocycles. The fourth-order valence-corrected chi connectivity index (χ4v) is 2.21. The quantitative estimate of drug-likeness (QED) is 0.843. The van der Waals surface area contributed by atoms with E-state index < -0.39 is 0 Å². The SMILES string of the molecule is CCC(N)C(c1ccccc1OC)N(C)C(C)C. The van der Waals surface area contributed by atoms with Crippen molar-refractivity contribution >= 4 is 0 Å². The van der Waals surface area contributed by atoms with E-state index in [1.165, 1.54) is 5.56 Å². The summed E-state index contributed by atoms with van der Waals surface area (Å²) in [4.78, 5) is 2.31. The molecule has 0 radical (unpaired) electrons. The molecule has 0 saturated heterocycles. The van der Waals surface area contributed by atoms with Crippen molar-refractivity contribution in [1.29, 1.82) is 0 Å². The van der Waals surface area contributed by atoms with Crippen molar-refractivity contribution in [2.75, 3.05) is 14.2 Å². The summed E-state index contributed by atoms with van der Waals surface area (Å²) in [5.74, 6) is 0.916. The number of para-hydroxylation sites is 1. The van der Waals surface area contributed by atoms with Crippen LogP contribution in [0.5, 0.6) is 5.75 Å². The normalized spacial score (nSPS) is 14.9. The van der Waals surface area contributed by atoms with E-state index in [1.807, 2.05) is 18.2 Å². The minimum Gasteiger partial charge on any atom is -0.496 e. The minimum atomic E-state index is 0.105. The van der Waals surface area contributed by atoms with Gasteiger partial charge in [0, 0.05) is 17.6 Å². The van der Waals surface area contributed by atoms with Gasteiger partial charge in [0.15, 0.2) is 0 Å². The Hall–Kier alpha value is -1.06. The molecule has 0 spiro atoms. The number of nitrogens with two attached hydrogens (primary N) is 1. The maximum Gasteiger partial charge on any atom is 0.123 e. The van der Waals surface area contributed by atoms with Gasteiger partial charge in [-0.2, -0.15) is 0 Å². The van der Waals surface area contributed by atoms with Crippen LogP contribution in [0, 0.1) is 0 Å². The van der Waals surface area contributed by atoms with Crippen LogP contribution in [-0.2, 0) is 0 Å². The van der Waals surface area contributed by atoms with E-state index in [4.69, 9.17) is 10.5 Å². The summed E-state index contributed by atoms with van der Waals surface area (Å²) in [5.41, 5.74) is 7.49. The van der Waals surface area contributed by atoms with E-state index in [2.05, 4.69) is 38.8 Å². The fourth-order valence-electron chi connectivity index (χ4n) is 2.21. The molecule has 0 aliphatic heterocycles. The third kappa shape index (κ3) is 3.24. The van der Waals surface area contributed by atoms with Gasteiger partial charge in [0.2, 0.25) is 0 Å². The summed E-state index contributed by atoms with van der Waals surface area (Å²) in [6.07, 6.45) is 0.944. The van der Waals surface area contributed by atoms with Gasteiger partial charge in [0.05, 0.1) is 13.2 Å². The summed E-state index contributed by atoms with van der Waals surface area (Å²) >= 11 is 0. The molecule has 2 atom stereocenters. The Balaban J connectivity index is 3.17. The zero-order chi connectivity index (χ0) is 13.7. The Kier molecular flexibility index (Phi) is 5.63. The molecule has 102 valence electrons. The number of benzene rings is 1. The van der Waals surface area contributed by atoms with E-state index in [0.29, 0.717) is 6.04 Å². The molecule has 3 nitrogen and oxygen atoms in total. The molecule has 0 saturated carbocycles. The van der Waals surface area contributed by atoms with Crippen LogP contribution >= 0.6 is 0 Å². The van der Waals surface area contributed by atoms with Gasteiger partial charge < -0.3 is 10.5 Å². The van der Waals surface area contributed by atoms with Gasteiger partial charge in [-0.3, -0.25) is 4.90 Å². The van der Waals surface area contributed by atoms with Crippen molar-refractivity contribution < 1.29 is 4.74 Å². The van der Waals surface area contributed by atoms with Crippen molar-refractivity contribution in [3.05, 3.63) is 29.8 Å². The van der Waals surface area contributed by atoms with Gasteiger partial charge in [0.25, 0.3) is 0 Å². The van der Waals surface area contributed by atoms with E-state index >= 15 is 0 Å². The third-order valence-corrected chi connectivity index (χ3v) is 3.59. The first-order valence-corrected chi connectivity index (χ1v) is 6.63. The summed E-state index contributed by atoms with van der Waals surface area (Å²) in [6, 6.07) is 8.88. The zero-order valence-electron chi connectivity index (χ0n) is 12.2. The van der Waals surface area contributed by atoms with Gasteiger partial charge in [-0.05, 0) is 33.4 Å². The van der Waals surface area contributed by atoms with Crippen molar-refractivity contribution in [2.24, 2.45) is 5.73 Å². The first-order chi connectivity index (χ1) is 8.52. The second kappa shape index (κ2) is 6.76. The zero-order valence-corrected chi connectivity index (χ0v) is 12.2. The second-order valence-corrected chi connectivity index (χ2v) is 5.02. The topological polar surface area (TPSA) is 38.5 Å². The van der Waals surface area contributed by atoms with Crippen molar-refractivity contribution in [3.63, 3.8) is 0 Å². The molecule has 0 heterocycles. The van der Waals surface area contributed by atoms with Crippen LogP contribution in [0.2, 0.25) is 0 Å². The highest BCUT2D eigenvalue weighted by Crippen LogP contribution is 2.32. The number of likely N-dealkylation sites (N-methyl/N-ethyl adjacent to an activating group) is 1. The molecule has 3 heteroatoms. The summed E-state index contributed by atoms with van der Waals surface area (Å²) in [6.45, 7) is 6.50. The number of hydrogen-bond acceptors (Lipinski definition) is 3. The lowest BCUT2D eigenvalue weighted by atomic mass is 9.95. The molecule has 1 rings (SSSR count). The van der Waals surface area contributed by atoms with Crippen LogP contribution < -0.4 is 10.5 Å². The number of hydrogen-bond donors (Lipinski definition) is 1. The molecular formula is C15H26N2O. The van der Waals surface area contributed by atoms with Crippen molar-refractivity contribution in [1.82, 2.24) is 4.90 Å². The van der Waals surface area contributed by atoms with Crippen LogP contribution in [0.4, 0.5) is 0 Å². The smallest absolute Gasteiger partial charge is 0.123 e. The summed E-state index contributed by atoms with van der Waals surface area (Å²) in [7, 11) is 3.83. The number of methoxy groups -OCH3 is 1. The lowest BCUT2D eigenvalue weighted by Gasteiger charge is -2.36. The first kappa shape index (κ1) is 15.0. The molecule has 18 heavy (non-hydrogen) atoms. The average molecular weight is 250 g/mol. The molecule has 0 bridgehead atoms. The highest BCUT2D eigenvalue weighted by Gasteiger charge is 2.27. The van der Waals surface area contributed by atoms with Crippen molar-refractivity contribution in [2.45, 2.75) is 45.3 Å². The molecule has 2 unspecified atom stereocenters. The summed E-state index contributed by atoms with van der Waals surface area (Å²) < 4.78 is 5.47. The third-order valence-electron chi connectivity index (χ3n) is 3.59. The predicted molar refractivity (Wildman–Crippen MR) is 76.9 cm³/mol. The van der Waals surface area contributed by atoms with Gasteiger partial charge in [-0.1, -0.05) is 25.1 Å². The van der Waals surface area contributed by atoms with Crippen LogP contribution in [0.25, 0.3) is 0 Å². The van der Waals surface area contributed by atoms with Crippen LogP contribution in [0.1, 0.15) is 38.8 Å². The molecule has 1 aromatic rings. The van der Waals surface area contributed by atoms with Gasteiger partial charge in [0.1, 0.15) is 5.75 Å². The molecule has 1 aromatic carbocycles. The first-order valence-electron chi connectivity index (χ1n) is 6.63. The maximum absolute atomic E-state index is 6.31. The number of ether oxygens (including phenoxy) is 1. The maximum atomic E-state index is 6.31. The number of nitrogens with zero attached hydrogens (tertiary/aromatic N) is 1. The molecule has 0 amide bonds. The predicted octanol–water partition coefficient (Wildman–Crippen LogP) is 2.81. The minimum absolute atomic E-state index is 0.105. The highest BCUT2D eigenvalue weighted by atomic mass is 16.5.